The van der Waals surface area contributed by atoms with Gasteiger partial charge in [-0.1, -0.05) is 0 Å². The number of ether oxygens (including phenoxy) is 1. The van der Waals surface area contributed by atoms with Crippen molar-refractivity contribution in [2.45, 2.75) is 13.5 Å². The summed E-state index contributed by atoms with van der Waals surface area (Å²) in [4.78, 5) is 17.8. The van der Waals surface area contributed by atoms with E-state index in [1.807, 2.05) is 31.0 Å². The number of hydrogen-bond donors (Lipinski definition) is 1. The molecule has 0 amide bonds. The highest BCUT2D eigenvalue weighted by Gasteiger charge is 2.18. The predicted octanol–water partition coefficient (Wildman–Crippen LogP) is 1.99. The molecule has 0 aliphatic carbocycles. The number of anilines is 2. The number of furan rings is 1. The van der Waals surface area contributed by atoms with E-state index in [2.05, 4.69) is 4.98 Å². The average Bonchev–Trinajstić information content (AvgIpc) is 2.82. The largest absolute Gasteiger partial charge is 0.465 e. The first kappa shape index (κ1) is 13.9. The number of rotatable bonds is 4. The van der Waals surface area contributed by atoms with Gasteiger partial charge in [0.1, 0.15) is 22.9 Å². The lowest BCUT2D eigenvalue weighted by atomic mass is 10.2. The molecule has 0 spiro atoms. The minimum Gasteiger partial charge on any atom is -0.465 e. The molecule has 2 aromatic rings. The smallest absolute Gasteiger partial charge is 0.341 e. The molecule has 2 heterocycles. The molecule has 2 aromatic heterocycles. The number of methoxy groups -OCH3 is 1. The van der Waals surface area contributed by atoms with Crippen molar-refractivity contribution in [3.63, 3.8) is 0 Å². The Morgan fingerprint density at radius 1 is 1.50 bits per heavy atom. The van der Waals surface area contributed by atoms with Crippen LogP contribution in [0.5, 0.6) is 0 Å². The van der Waals surface area contributed by atoms with Crippen molar-refractivity contribution in [1.29, 1.82) is 0 Å². The van der Waals surface area contributed by atoms with Crippen molar-refractivity contribution in [3.8, 4) is 0 Å². The molecular weight excluding hydrogens is 258 g/mol. The Hall–Kier alpha value is -2.50. The zero-order valence-corrected chi connectivity index (χ0v) is 11.7. The van der Waals surface area contributed by atoms with Crippen molar-refractivity contribution >= 4 is 17.5 Å². The van der Waals surface area contributed by atoms with Crippen LogP contribution < -0.4 is 10.6 Å². The first-order valence-corrected chi connectivity index (χ1v) is 6.11. The van der Waals surface area contributed by atoms with E-state index in [-0.39, 0.29) is 0 Å². The van der Waals surface area contributed by atoms with Gasteiger partial charge in [-0.2, -0.15) is 0 Å². The highest BCUT2D eigenvalue weighted by Crippen LogP contribution is 2.22. The quantitative estimate of drug-likeness (QED) is 0.859. The van der Waals surface area contributed by atoms with Crippen molar-refractivity contribution < 1.29 is 13.9 Å². The van der Waals surface area contributed by atoms with E-state index in [0.717, 1.165) is 11.5 Å². The highest BCUT2D eigenvalue weighted by molar-refractivity contribution is 5.95. The van der Waals surface area contributed by atoms with Gasteiger partial charge in [0.2, 0.25) is 0 Å². The fraction of sp³-hybridized carbons (Fsp3) is 0.286. The van der Waals surface area contributed by atoms with Crippen LogP contribution in [0.25, 0.3) is 0 Å². The number of nitrogens with zero attached hydrogens (tertiary/aromatic N) is 2. The van der Waals surface area contributed by atoms with E-state index in [4.69, 9.17) is 14.9 Å². The average molecular weight is 275 g/mol. The van der Waals surface area contributed by atoms with E-state index in [1.165, 1.54) is 13.3 Å². The molecular formula is C14H17N3O3. The first-order valence-electron chi connectivity index (χ1n) is 6.11. The maximum absolute atomic E-state index is 11.8. The second-order valence-electron chi connectivity index (χ2n) is 4.50. The fourth-order valence-corrected chi connectivity index (χ4v) is 1.92. The van der Waals surface area contributed by atoms with Crippen molar-refractivity contribution in [2.75, 3.05) is 24.8 Å². The molecule has 0 atom stereocenters. The lowest BCUT2D eigenvalue weighted by Crippen LogP contribution is -2.21. The normalized spacial score (nSPS) is 10.3. The molecule has 0 radical (unpaired) electrons. The van der Waals surface area contributed by atoms with Gasteiger partial charge in [0.25, 0.3) is 0 Å². The van der Waals surface area contributed by atoms with Crippen LogP contribution in [0, 0.1) is 6.92 Å². The Morgan fingerprint density at radius 2 is 2.25 bits per heavy atom. The molecule has 20 heavy (non-hydrogen) atoms. The van der Waals surface area contributed by atoms with Gasteiger partial charge in [0, 0.05) is 7.05 Å². The molecule has 6 nitrogen and oxygen atoms in total. The van der Waals surface area contributed by atoms with Gasteiger partial charge in [0.05, 0.1) is 25.5 Å². The van der Waals surface area contributed by atoms with Gasteiger partial charge >= 0.3 is 5.97 Å². The molecule has 2 rings (SSSR count). The van der Waals surface area contributed by atoms with Crippen LogP contribution >= 0.6 is 0 Å². The van der Waals surface area contributed by atoms with Crippen LogP contribution in [0.1, 0.15) is 21.9 Å². The number of nitrogens with two attached hydrogens (primary N) is 1. The number of aryl methyl sites for hydroxylation is 1. The Morgan fingerprint density at radius 3 is 2.85 bits per heavy atom. The highest BCUT2D eigenvalue weighted by atomic mass is 16.5. The number of hydrogen-bond acceptors (Lipinski definition) is 6. The van der Waals surface area contributed by atoms with Crippen LogP contribution in [-0.4, -0.2) is 25.1 Å². The second-order valence-corrected chi connectivity index (χ2v) is 4.50. The summed E-state index contributed by atoms with van der Waals surface area (Å²) in [6.07, 6.45) is 1.51. The minimum atomic E-state index is -0.470. The molecule has 0 saturated heterocycles. The van der Waals surface area contributed by atoms with Crippen LogP contribution in [0.2, 0.25) is 0 Å². The van der Waals surface area contributed by atoms with Gasteiger partial charge in [-0.25, -0.2) is 9.78 Å². The monoisotopic (exact) mass is 275 g/mol. The topological polar surface area (TPSA) is 81.6 Å². The maximum atomic E-state index is 11.8. The molecule has 0 bridgehead atoms. The number of carbonyl (C=O) groups excluding carboxylic acids is 1. The van der Waals surface area contributed by atoms with Crippen molar-refractivity contribution in [2.24, 2.45) is 0 Å². The summed E-state index contributed by atoms with van der Waals surface area (Å²) in [5, 5.41) is 0. The van der Waals surface area contributed by atoms with Gasteiger partial charge < -0.3 is 19.8 Å². The Kier molecular flexibility index (Phi) is 3.93. The zero-order chi connectivity index (χ0) is 14.7. The third-order valence-electron chi connectivity index (χ3n) is 2.84. The van der Waals surface area contributed by atoms with Crippen molar-refractivity contribution in [3.05, 3.63) is 41.5 Å². The van der Waals surface area contributed by atoms with Crippen LogP contribution in [0.4, 0.5) is 11.5 Å². The SMILES string of the molecule is COC(=O)c1cc(N)cnc1N(C)Cc1ccc(C)o1. The van der Waals surface area contributed by atoms with Crippen LogP contribution in [0.15, 0.2) is 28.8 Å². The molecule has 0 unspecified atom stereocenters. The predicted molar refractivity (Wildman–Crippen MR) is 75.5 cm³/mol. The first-order chi connectivity index (χ1) is 9.51. The molecule has 0 aliphatic rings. The number of aromatic nitrogens is 1. The second kappa shape index (κ2) is 5.64. The van der Waals surface area contributed by atoms with E-state index >= 15 is 0 Å². The lowest BCUT2D eigenvalue weighted by molar-refractivity contribution is 0.0601. The third-order valence-corrected chi connectivity index (χ3v) is 2.84. The summed E-state index contributed by atoms with van der Waals surface area (Å²) in [5.74, 6) is 1.66. The third kappa shape index (κ3) is 2.90. The molecule has 2 N–H and O–H groups in total. The van der Waals surface area contributed by atoms with Gasteiger partial charge in [-0.3, -0.25) is 0 Å². The van der Waals surface area contributed by atoms with E-state index in [1.54, 1.807) is 6.07 Å². The number of esters is 1. The molecule has 0 aliphatic heterocycles. The molecule has 106 valence electrons. The number of nitrogen functional groups attached to an aromatic ring is 1. The summed E-state index contributed by atoms with van der Waals surface area (Å²) >= 11 is 0. The molecule has 0 aromatic carbocycles. The summed E-state index contributed by atoms with van der Waals surface area (Å²) < 4.78 is 10.3. The maximum Gasteiger partial charge on any atom is 0.341 e. The van der Waals surface area contributed by atoms with Gasteiger partial charge in [-0.05, 0) is 25.1 Å². The van der Waals surface area contributed by atoms with Gasteiger partial charge in [-0.15, -0.1) is 0 Å². The minimum absolute atomic E-state index is 0.332. The summed E-state index contributed by atoms with van der Waals surface area (Å²) in [6, 6.07) is 5.33. The van der Waals surface area contributed by atoms with E-state index in [0.29, 0.717) is 23.6 Å². The summed E-state index contributed by atoms with van der Waals surface area (Å²) in [7, 11) is 3.15. The molecule has 0 fully saturated rings. The fourth-order valence-electron chi connectivity index (χ4n) is 1.92. The standard InChI is InChI=1S/C14H17N3O3/c1-9-4-5-11(20-9)8-17(2)13-12(14(18)19-3)6-10(15)7-16-13/h4-7H,8,15H2,1-3H3. The van der Waals surface area contributed by atoms with E-state index in [9.17, 15) is 4.79 Å². The summed E-state index contributed by atoms with van der Waals surface area (Å²) in [6.45, 7) is 2.37. The Bertz CT molecular complexity index is 622. The lowest BCUT2D eigenvalue weighted by Gasteiger charge is -2.19. The molecule has 0 saturated carbocycles. The van der Waals surface area contributed by atoms with Gasteiger partial charge in [0.15, 0.2) is 0 Å². The van der Waals surface area contributed by atoms with E-state index < -0.39 is 5.97 Å². The zero-order valence-electron chi connectivity index (χ0n) is 11.7. The Labute approximate surface area is 117 Å². The number of pyridine rings is 1. The van der Waals surface area contributed by atoms with Crippen LogP contribution in [0.3, 0.4) is 0 Å². The Balaban J connectivity index is 2.29. The summed E-state index contributed by atoms with van der Waals surface area (Å²) in [5.41, 5.74) is 6.41. The van der Waals surface area contributed by atoms with Crippen LogP contribution in [-0.2, 0) is 11.3 Å². The number of carbonyl (C=O) groups is 1. The van der Waals surface area contributed by atoms with Crippen molar-refractivity contribution in [1.82, 2.24) is 4.98 Å². The molecule has 6 heteroatoms.